The fourth-order valence-corrected chi connectivity index (χ4v) is 5.08. The highest BCUT2D eigenvalue weighted by Gasteiger charge is 2.35. The summed E-state index contributed by atoms with van der Waals surface area (Å²) >= 11 is 1.39. The summed E-state index contributed by atoms with van der Waals surface area (Å²) in [5.41, 5.74) is 4.27. The first kappa shape index (κ1) is 23.1. The molecule has 0 unspecified atom stereocenters. The molecule has 1 aliphatic rings. The van der Waals surface area contributed by atoms with Crippen molar-refractivity contribution in [2.24, 2.45) is 5.10 Å². The molecule has 5 rings (SSSR count). The highest BCUT2D eigenvalue weighted by atomic mass is 32.2. The van der Waals surface area contributed by atoms with Crippen molar-refractivity contribution < 1.29 is 9.21 Å². The van der Waals surface area contributed by atoms with E-state index in [2.05, 4.69) is 52.9 Å². The van der Waals surface area contributed by atoms with E-state index in [1.54, 1.807) is 11.3 Å². The normalized spacial score (nSPS) is 15.4. The van der Waals surface area contributed by atoms with Crippen molar-refractivity contribution in [2.45, 2.75) is 44.4 Å². The lowest BCUT2D eigenvalue weighted by Gasteiger charge is -2.19. The molecule has 2 aromatic heterocycles. The van der Waals surface area contributed by atoms with Crippen LogP contribution in [0.3, 0.4) is 0 Å². The first-order valence-electron chi connectivity index (χ1n) is 11.7. The van der Waals surface area contributed by atoms with Crippen molar-refractivity contribution in [3.8, 4) is 0 Å². The van der Waals surface area contributed by atoms with E-state index in [0.717, 1.165) is 34.6 Å². The summed E-state index contributed by atoms with van der Waals surface area (Å²) in [6.07, 6.45) is 2.95. The van der Waals surface area contributed by atoms with E-state index in [1.165, 1.54) is 22.9 Å². The monoisotopic (exact) mass is 485 g/mol. The van der Waals surface area contributed by atoms with Crippen LogP contribution in [0.25, 0.3) is 0 Å². The molecule has 35 heavy (non-hydrogen) atoms. The van der Waals surface area contributed by atoms with Gasteiger partial charge in [0.15, 0.2) is 5.16 Å². The molecule has 8 heteroatoms. The zero-order valence-corrected chi connectivity index (χ0v) is 20.6. The van der Waals surface area contributed by atoms with Gasteiger partial charge in [-0.1, -0.05) is 71.9 Å². The Bertz CT molecular complexity index is 1310. The molecule has 1 amide bonds. The average molecular weight is 486 g/mol. The third-order valence-electron chi connectivity index (χ3n) is 6.06. The number of hydrogen-bond donors (Lipinski definition) is 0. The van der Waals surface area contributed by atoms with Crippen molar-refractivity contribution in [3.05, 3.63) is 101 Å². The third-order valence-corrected chi connectivity index (χ3v) is 7.01. The molecule has 0 saturated heterocycles. The fourth-order valence-electron chi connectivity index (χ4n) is 4.21. The van der Waals surface area contributed by atoms with Gasteiger partial charge in [0, 0.05) is 19.4 Å². The maximum atomic E-state index is 13.4. The number of furan rings is 1. The standard InChI is InChI=1S/C27H27N5O2S/c1-3-31-25(16-20-8-5-4-6-9-20)28-29-27(31)35-18-26(33)32-23(24-10-7-15-34-24)17-22(30-32)21-13-11-19(2)12-14-21/h4-15,23H,3,16-18H2,1-2H3/t23-/m0/s1. The largest absolute Gasteiger partial charge is 0.467 e. The Morgan fingerprint density at radius 2 is 1.86 bits per heavy atom. The topological polar surface area (TPSA) is 76.5 Å². The molecule has 178 valence electrons. The van der Waals surface area contributed by atoms with E-state index in [4.69, 9.17) is 9.52 Å². The van der Waals surface area contributed by atoms with E-state index in [9.17, 15) is 4.79 Å². The average Bonchev–Trinajstić information content (AvgIpc) is 3.63. The SMILES string of the molecule is CCn1c(Cc2ccccc2)nnc1SCC(=O)N1N=C(c2ccc(C)cc2)C[C@H]1c1ccco1. The summed E-state index contributed by atoms with van der Waals surface area (Å²) < 4.78 is 7.73. The molecule has 7 nitrogen and oxygen atoms in total. The minimum absolute atomic E-state index is 0.0891. The minimum atomic E-state index is -0.257. The maximum absolute atomic E-state index is 13.4. The molecule has 4 aromatic rings. The zero-order chi connectivity index (χ0) is 24.2. The molecule has 3 heterocycles. The van der Waals surface area contributed by atoms with Gasteiger partial charge in [-0.05, 0) is 37.1 Å². The summed E-state index contributed by atoms with van der Waals surface area (Å²) in [5.74, 6) is 1.75. The van der Waals surface area contributed by atoms with Gasteiger partial charge in [0.1, 0.15) is 17.6 Å². The quantitative estimate of drug-likeness (QED) is 0.318. The number of benzene rings is 2. The van der Waals surface area contributed by atoms with Gasteiger partial charge >= 0.3 is 0 Å². The number of nitrogens with zero attached hydrogens (tertiary/aromatic N) is 5. The zero-order valence-electron chi connectivity index (χ0n) is 19.8. The highest BCUT2D eigenvalue weighted by Crippen LogP contribution is 2.34. The molecule has 0 saturated carbocycles. The van der Waals surface area contributed by atoms with Crippen LogP contribution < -0.4 is 0 Å². The Kier molecular flexibility index (Phi) is 6.81. The van der Waals surface area contributed by atoms with Gasteiger partial charge in [-0.15, -0.1) is 10.2 Å². The first-order chi connectivity index (χ1) is 17.1. The molecular formula is C27H27N5O2S. The molecule has 2 aromatic carbocycles. The van der Waals surface area contributed by atoms with E-state index in [1.807, 2.05) is 42.5 Å². The van der Waals surface area contributed by atoms with Crippen LogP contribution in [0.1, 0.15) is 47.7 Å². The number of carbonyl (C=O) groups excluding carboxylic acids is 1. The third kappa shape index (κ3) is 5.07. The minimum Gasteiger partial charge on any atom is -0.467 e. The predicted molar refractivity (Wildman–Crippen MR) is 136 cm³/mol. The summed E-state index contributed by atoms with van der Waals surface area (Å²) in [7, 11) is 0. The highest BCUT2D eigenvalue weighted by molar-refractivity contribution is 7.99. The second kappa shape index (κ2) is 10.3. The lowest BCUT2D eigenvalue weighted by atomic mass is 10.0. The molecule has 0 fully saturated rings. The van der Waals surface area contributed by atoms with Crippen molar-refractivity contribution >= 4 is 23.4 Å². The van der Waals surface area contributed by atoms with Crippen LogP contribution in [0.4, 0.5) is 0 Å². The second-order valence-electron chi connectivity index (χ2n) is 8.48. The maximum Gasteiger partial charge on any atom is 0.253 e. The molecule has 0 N–H and O–H groups in total. The molecule has 0 spiro atoms. The number of aromatic nitrogens is 3. The lowest BCUT2D eigenvalue weighted by molar-refractivity contribution is -0.130. The van der Waals surface area contributed by atoms with Gasteiger partial charge in [-0.25, -0.2) is 5.01 Å². The summed E-state index contributed by atoms with van der Waals surface area (Å²) in [5, 5.41) is 15.8. The van der Waals surface area contributed by atoms with Gasteiger partial charge in [-0.3, -0.25) is 4.79 Å². The molecule has 0 aliphatic carbocycles. The van der Waals surface area contributed by atoms with Crippen LogP contribution in [-0.4, -0.2) is 37.1 Å². The van der Waals surface area contributed by atoms with Gasteiger partial charge in [-0.2, -0.15) is 5.10 Å². The van der Waals surface area contributed by atoms with Gasteiger partial charge < -0.3 is 8.98 Å². The number of aryl methyl sites for hydroxylation is 1. The number of carbonyl (C=O) groups is 1. The second-order valence-corrected chi connectivity index (χ2v) is 9.42. The van der Waals surface area contributed by atoms with Crippen LogP contribution in [-0.2, 0) is 17.8 Å². The van der Waals surface area contributed by atoms with Crippen molar-refractivity contribution in [3.63, 3.8) is 0 Å². The van der Waals surface area contributed by atoms with Gasteiger partial charge in [0.25, 0.3) is 5.91 Å². The number of hydrogen-bond acceptors (Lipinski definition) is 6. The van der Waals surface area contributed by atoms with E-state index >= 15 is 0 Å². The summed E-state index contributed by atoms with van der Waals surface area (Å²) in [6.45, 7) is 4.86. The predicted octanol–water partition coefficient (Wildman–Crippen LogP) is 5.26. The summed E-state index contributed by atoms with van der Waals surface area (Å²) in [4.78, 5) is 13.4. The molecular weight excluding hydrogens is 458 g/mol. The van der Waals surface area contributed by atoms with Crippen molar-refractivity contribution in [2.75, 3.05) is 5.75 Å². The summed E-state index contributed by atoms with van der Waals surface area (Å²) in [6, 6.07) is 21.9. The van der Waals surface area contributed by atoms with Crippen LogP contribution in [0, 0.1) is 6.92 Å². The number of thioether (sulfide) groups is 1. The van der Waals surface area contributed by atoms with E-state index in [-0.39, 0.29) is 17.7 Å². The molecule has 0 radical (unpaired) electrons. The Balaban J connectivity index is 1.32. The Morgan fingerprint density at radius 3 is 2.57 bits per heavy atom. The Labute approximate surface area is 208 Å². The van der Waals surface area contributed by atoms with Gasteiger partial charge in [0.05, 0.1) is 17.7 Å². The molecule has 0 bridgehead atoms. The first-order valence-corrected chi connectivity index (χ1v) is 12.7. The van der Waals surface area contributed by atoms with E-state index in [0.29, 0.717) is 12.8 Å². The van der Waals surface area contributed by atoms with Crippen molar-refractivity contribution in [1.29, 1.82) is 0 Å². The van der Waals surface area contributed by atoms with Crippen LogP contribution >= 0.6 is 11.8 Å². The number of amides is 1. The van der Waals surface area contributed by atoms with Crippen molar-refractivity contribution in [1.82, 2.24) is 19.8 Å². The van der Waals surface area contributed by atoms with E-state index < -0.39 is 0 Å². The van der Waals surface area contributed by atoms with Gasteiger partial charge in [0.2, 0.25) is 0 Å². The Morgan fingerprint density at radius 1 is 1.06 bits per heavy atom. The van der Waals surface area contributed by atoms with Crippen LogP contribution in [0.2, 0.25) is 0 Å². The Hall–Kier alpha value is -3.65. The fraction of sp³-hybridized carbons (Fsp3) is 0.259. The van der Waals surface area contributed by atoms with Crippen LogP contribution in [0.5, 0.6) is 0 Å². The number of rotatable bonds is 8. The smallest absolute Gasteiger partial charge is 0.253 e. The van der Waals surface area contributed by atoms with Crippen LogP contribution in [0.15, 0.2) is 87.7 Å². The lowest BCUT2D eigenvalue weighted by Crippen LogP contribution is -2.28. The molecule has 1 aliphatic heterocycles. The number of hydrazone groups is 1. The molecule has 1 atom stereocenters.